The quantitative estimate of drug-likeness (QED) is 0.406. The van der Waals surface area contributed by atoms with Crippen molar-refractivity contribution < 1.29 is 23.4 Å². The highest BCUT2D eigenvalue weighted by Gasteiger charge is 2.15. The van der Waals surface area contributed by atoms with Gasteiger partial charge < -0.3 is 29.3 Å². The molecule has 0 amide bonds. The predicted octanol–water partition coefficient (Wildman–Crippen LogP) is 2.30. The van der Waals surface area contributed by atoms with Crippen LogP contribution in [0, 0.1) is 6.92 Å². The third kappa shape index (κ3) is 5.42. The summed E-state index contributed by atoms with van der Waals surface area (Å²) in [6.45, 7) is 2.81. The molecule has 0 radical (unpaired) electrons. The van der Waals surface area contributed by atoms with Crippen molar-refractivity contribution in [2.45, 2.75) is 19.9 Å². The molecule has 0 aliphatic rings. The zero-order chi connectivity index (χ0) is 20.5. The van der Waals surface area contributed by atoms with Crippen LogP contribution in [0.25, 0.3) is 0 Å². The third-order valence-electron chi connectivity index (χ3n) is 4.18. The topological polar surface area (TPSA) is 94.3 Å². The van der Waals surface area contributed by atoms with Gasteiger partial charge in [-0.15, -0.1) is 0 Å². The van der Waals surface area contributed by atoms with Gasteiger partial charge in [0.05, 0.1) is 27.9 Å². The highest BCUT2D eigenvalue weighted by molar-refractivity contribution is 5.90. The second kappa shape index (κ2) is 10.2. The minimum Gasteiger partial charge on any atom is -0.493 e. The maximum atomic E-state index is 11.6. The summed E-state index contributed by atoms with van der Waals surface area (Å²) in [5, 5.41) is 6.40. The lowest BCUT2D eigenvalue weighted by Crippen LogP contribution is -2.37. The number of nitrogens with zero attached hydrogens (tertiary/aromatic N) is 1. The average molecular weight is 389 g/mol. The lowest BCUT2D eigenvalue weighted by Gasteiger charge is -2.12. The lowest BCUT2D eigenvalue weighted by molar-refractivity contribution is 0.0599. The first-order valence-electron chi connectivity index (χ1n) is 8.85. The van der Waals surface area contributed by atoms with Crippen LogP contribution >= 0.6 is 0 Å². The SMILES string of the molecule is CN=C(NCCc1ccc(OC)c(OC)c1)NCc1cc(C(=O)OC)c(C)o1. The van der Waals surface area contributed by atoms with E-state index < -0.39 is 5.97 Å². The summed E-state index contributed by atoms with van der Waals surface area (Å²) in [7, 11) is 6.27. The number of guanidine groups is 1. The van der Waals surface area contributed by atoms with E-state index in [4.69, 9.17) is 18.6 Å². The number of aryl methyl sites for hydroxylation is 1. The minimum atomic E-state index is -0.412. The second-order valence-corrected chi connectivity index (χ2v) is 5.97. The molecule has 2 N–H and O–H groups in total. The highest BCUT2D eigenvalue weighted by Crippen LogP contribution is 2.27. The molecule has 152 valence electrons. The van der Waals surface area contributed by atoms with Gasteiger partial charge in [-0.3, -0.25) is 4.99 Å². The van der Waals surface area contributed by atoms with Crippen molar-refractivity contribution in [1.29, 1.82) is 0 Å². The van der Waals surface area contributed by atoms with Gasteiger partial charge >= 0.3 is 5.97 Å². The number of carbonyl (C=O) groups excluding carboxylic acids is 1. The van der Waals surface area contributed by atoms with E-state index in [1.54, 1.807) is 34.3 Å². The molecule has 8 nitrogen and oxygen atoms in total. The van der Waals surface area contributed by atoms with Gasteiger partial charge in [-0.1, -0.05) is 6.07 Å². The number of methoxy groups -OCH3 is 3. The van der Waals surface area contributed by atoms with Crippen LogP contribution in [-0.4, -0.2) is 46.9 Å². The number of esters is 1. The number of hydrogen-bond acceptors (Lipinski definition) is 6. The molecule has 8 heteroatoms. The molecule has 28 heavy (non-hydrogen) atoms. The largest absolute Gasteiger partial charge is 0.493 e. The van der Waals surface area contributed by atoms with Crippen LogP contribution in [0.3, 0.4) is 0 Å². The van der Waals surface area contributed by atoms with Crippen LogP contribution in [0.5, 0.6) is 11.5 Å². The van der Waals surface area contributed by atoms with Gasteiger partial charge in [0.1, 0.15) is 17.1 Å². The Bertz CT molecular complexity index is 829. The number of carbonyl (C=O) groups is 1. The van der Waals surface area contributed by atoms with Crippen LogP contribution in [0.2, 0.25) is 0 Å². The Morgan fingerprint density at radius 1 is 1.11 bits per heavy atom. The molecule has 1 heterocycles. The number of hydrogen-bond donors (Lipinski definition) is 2. The Hall–Kier alpha value is -3.16. The van der Waals surface area contributed by atoms with Crippen molar-refractivity contribution in [1.82, 2.24) is 10.6 Å². The molecule has 2 aromatic rings. The Balaban J connectivity index is 1.86. The molecule has 2 rings (SSSR count). The molecule has 1 aromatic heterocycles. The van der Waals surface area contributed by atoms with Gasteiger partial charge in [-0.25, -0.2) is 4.79 Å². The van der Waals surface area contributed by atoms with Crippen LogP contribution < -0.4 is 20.1 Å². The first-order chi connectivity index (χ1) is 13.5. The molecular weight excluding hydrogens is 362 g/mol. The maximum absolute atomic E-state index is 11.6. The molecule has 0 atom stereocenters. The van der Waals surface area contributed by atoms with Gasteiger partial charge in [0, 0.05) is 13.6 Å². The Morgan fingerprint density at radius 3 is 2.50 bits per heavy atom. The monoisotopic (exact) mass is 389 g/mol. The fourth-order valence-electron chi connectivity index (χ4n) is 2.70. The van der Waals surface area contributed by atoms with Gasteiger partial charge in [0.15, 0.2) is 17.5 Å². The van der Waals surface area contributed by atoms with Crippen LogP contribution in [0.1, 0.15) is 27.4 Å². The van der Waals surface area contributed by atoms with Crippen molar-refractivity contribution in [2.24, 2.45) is 4.99 Å². The summed E-state index contributed by atoms with van der Waals surface area (Å²) in [6.07, 6.45) is 0.785. The highest BCUT2D eigenvalue weighted by atomic mass is 16.5. The summed E-state index contributed by atoms with van der Waals surface area (Å²) in [6, 6.07) is 7.51. The summed E-state index contributed by atoms with van der Waals surface area (Å²) in [4.78, 5) is 15.8. The molecule has 0 aliphatic heterocycles. The van der Waals surface area contributed by atoms with Crippen molar-refractivity contribution in [3.05, 3.63) is 46.9 Å². The van der Waals surface area contributed by atoms with Gasteiger partial charge in [0.2, 0.25) is 0 Å². The van der Waals surface area contributed by atoms with Gasteiger partial charge in [-0.2, -0.15) is 0 Å². The Morgan fingerprint density at radius 2 is 1.86 bits per heavy atom. The van der Waals surface area contributed by atoms with E-state index in [1.165, 1.54) is 7.11 Å². The average Bonchev–Trinajstić information content (AvgIpc) is 3.10. The Kier molecular flexibility index (Phi) is 7.74. The van der Waals surface area contributed by atoms with E-state index in [0.29, 0.717) is 47.6 Å². The van der Waals surface area contributed by atoms with Gasteiger partial charge in [0.25, 0.3) is 0 Å². The summed E-state index contributed by atoms with van der Waals surface area (Å²) in [5.41, 5.74) is 1.54. The van der Waals surface area contributed by atoms with E-state index in [2.05, 4.69) is 15.6 Å². The van der Waals surface area contributed by atoms with Crippen LogP contribution in [0.15, 0.2) is 33.7 Å². The van der Waals surface area contributed by atoms with Crippen molar-refractivity contribution in [2.75, 3.05) is 34.9 Å². The van der Waals surface area contributed by atoms with Crippen LogP contribution in [0.4, 0.5) is 0 Å². The lowest BCUT2D eigenvalue weighted by atomic mass is 10.1. The molecule has 0 saturated heterocycles. The number of benzene rings is 1. The number of aliphatic imine (C=N–C) groups is 1. The van der Waals surface area contributed by atoms with E-state index in [-0.39, 0.29) is 0 Å². The molecular formula is C20H27N3O5. The summed E-state index contributed by atoms with van der Waals surface area (Å²) < 4.78 is 20.9. The summed E-state index contributed by atoms with van der Waals surface area (Å²) in [5.74, 6) is 2.79. The van der Waals surface area contributed by atoms with Crippen molar-refractivity contribution in [3.8, 4) is 11.5 Å². The number of nitrogens with one attached hydrogen (secondary N) is 2. The molecule has 0 bridgehead atoms. The molecule has 0 aliphatic carbocycles. The smallest absolute Gasteiger partial charge is 0.341 e. The minimum absolute atomic E-state index is 0.397. The standard InChI is InChI=1S/C20H27N3O5/c1-13-16(19(24)27-5)11-15(28-13)12-23-20(21-2)22-9-8-14-6-7-17(25-3)18(10-14)26-4/h6-7,10-11H,8-9,12H2,1-5H3,(H2,21,22,23). The zero-order valence-corrected chi connectivity index (χ0v) is 16.9. The summed E-state index contributed by atoms with van der Waals surface area (Å²) >= 11 is 0. The zero-order valence-electron chi connectivity index (χ0n) is 16.9. The van der Waals surface area contributed by atoms with E-state index in [9.17, 15) is 4.79 Å². The first-order valence-corrected chi connectivity index (χ1v) is 8.85. The number of furan rings is 1. The van der Waals surface area contributed by atoms with E-state index in [1.807, 2.05) is 18.2 Å². The van der Waals surface area contributed by atoms with E-state index in [0.717, 1.165) is 12.0 Å². The number of rotatable bonds is 8. The molecule has 1 aromatic carbocycles. The Labute approximate surface area is 164 Å². The van der Waals surface area contributed by atoms with E-state index >= 15 is 0 Å². The fraction of sp³-hybridized carbons (Fsp3) is 0.400. The molecule has 0 spiro atoms. The third-order valence-corrected chi connectivity index (χ3v) is 4.18. The normalized spacial score (nSPS) is 11.1. The second-order valence-electron chi connectivity index (χ2n) is 5.97. The van der Waals surface area contributed by atoms with Gasteiger partial charge in [-0.05, 0) is 37.1 Å². The predicted molar refractivity (Wildman–Crippen MR) is 106 cm³/mol. The number of ether oxygens (including phenoxy) is 3. The molecule has 0 saturated carbocycles. The van der Waals surface area contributed by atoms with Crippen molar-refractivity contribution >= 4 is 11.9 Å². The maximum Gasteiger partial charge on any atom is 0.341 e. The first kappa shape index (κ1) is 21.1. The van der Waals surface area contributed by atoms with Crippen LogP contribution in [-0.2, 0) is 17.7 Å². The van der Waals surface area contributed by atoms with Crippen molar-refractivity contribution in [3.63, 3.8) is 0 Å². The molecule has 0 unspecified atom stereocenters. The fourth-order valence-corrected chi connectivity index (χ4v) is 2.70. The molecule has 0 fully saturated rings.